The molecule has 13 atom stereocenters. The number of carbonyl (C=O) groups excluding carboxylic acids is 5. The zero-order valence-corrected chi connectivity index (χ0v) is 57.3. The molecule has 7 aliphatic rings. The summed E-state index contributed by atoms with van der Waals surface area (Å²) in [6, 6.07) is 31.5. The van der Waals surface area contributed by atoms with Gasteiger partial charge in [-0.15, -0.1) is 0 Å². The second-order valence-electron chi connectivity index (χ2n) is 27.3. The predicted octanol–water partition coefficient (Wildman–Crippen LogP) is 8.47. The monoisotopic (exact) mass is 1370 g/mol. The van der Waals surface area contributed by atoms with Crippen LogP contribution in [0.2, 0.25) is 0 Å². The van der Waals surface area contributed by atoms with Gasteiger partial charge in [0.1, 0.15) is 24.1 Å². The Morgan fingerprint density at radius 3 is 1.28 bits per heavy atom. The molecule has 4 aromatic carbocycles. The molecule has 23 nitrogen and oxygen atoms in total. The molecule has 3 saturated carbocycles. The van der Waals surface area contributed by atoms with Crippen LogP contribution in [0.15, 0.2) is 119 Å². The first-order chi connectivity index (χ1) is 45.9. The molecule has 4 saturated heterocycles. The largest absolute Gasteiger partial charge is 0.534 e. The van der Waals surface area contributed by atoms with E-state index in [1.165, 1.54) is 40.0 Å². The van der Waals surface area contributed by atoms with E-state index in [1.807, 2.05) is 88.4 Å². The molecule has 526 valence electrons. The van der Waals surface area contributed by atoms with Gasteiger partial charge in [0.2, 0.25) is 20.0 Å². The predicted molar refractivity (Wildman–Crippen MR) is 353 cm³/mol. The first-order valence-electron chi connectivity index (χ1n) is 33.8. The van der Waals surface area contributed by atoms with Crippen molar-refractivity contribution in [3.05, 3.63) is 120 Å². The summed E-state index contributed by atoms with van der Waals surface area (Å²) >= 11 is 0. The second-order valence-corrected chi connectivity index (χ2v) is 31.2. The molecule has 0 spiro atoms. The van der Waals surface area contributed by atoms with E-state index < -0.39 is 62.1 Å². The Kier molecular flexibility index (Phi) is 26.3. The van der Waals surface area contributed by atoms with E-state index in [-0.39, 0.29) is 122 Å². The zero-order chi connectivity index (χ0) is 68.7. The van der Waals surface area contributed by atoms with Crippen molar-refractivity contribution in [3.8, 4) is 5.75 Å². The van der Waals surface area contributed by atoms with Crippen molar-refractivity contribution in [1.29, 1.82) is 0 Å². The Labute approximate surface area is 564 Å². The normalized spacial score (nSPS) is 24.9. The molecule has 0 radical (unpaired) electrons. The van der Waals surface area contributed by atoms with E-state index >= 15 is 0 Å². The van der Waals surface area contributed by atoms with Gasteiger partial charge in [-0.2, -0.15) is 8.61 Å². The van der Waals surface area contributed by atoms with Gasteiger partial charge in [-0.3, -0.25) is 24.0 Å². The lowest BCUT2D eigenvalue weighted by Gasteiger charge is -2.30. The molecule has 11 rings (SSSR count). The van der Waals surface area contributed by atoms with Crippen LogP contribution in [0.5, 0.6) is 5.75 Å². The highest BCUT2D eigenvalue weighted by Crippen LogP contribution is 2.40. The summed E-state index contributed by atoms with van der Waals surface area (Å²) in [6.07, 6.45) is 5.21. The molecular formula is C71H96N4O19S2. The Balaban J connectivity index is 0.000000179. The molecular weight excluding hydrogens is 1280 g/mol. The number of nitrogen functional groups attached to an aromatic ring is 1. The van der Waals surface area contributed by atoms with Gasteiger partial charge in [0, 0.05) is 95.6 Å². The number of nitrogens with zero attached hydrogens (tertiary/aromatic N) is 3. The van der Waals surface area contributed by atoms with Crippen molar-refractivity contribution in [2.45, 2.75) is 183 Å². The molecule has 0 bridgehead atoms. The molecule has 3 aliphatic carbocycles. The van der Waals surface area contributed by atoms with E-state index in [1.54, 1.807) is 24.3 Å². The number of benzene rings is 4. The highest BCUT2D eigenvalue weighted by molar-refractivity contribution is 7.89. The fourth-order valence-electron chi connectivity index (χ4n) is 14.1. The fraction of sp³-hybridized carbons (Fsp3) is 0.592. The van der Waals surface area contributed by atoms with Crippen LogP contribution in [0.4, 0.5) is 10.5 Å². The molecule has 2 amide bonds. The van der Waals surface area contributed by atoms with E-state index in [4.69, 9.17) is 38.9 Å². The number of ether oxygens (including phenoxy) is 7. The standard InChI is InChI=1S/C30H41NO7S.C29H40N2O6S.C12H15NO6/c1-21(2)19-31(39(34,35)27-11-9-25(36-3)10-12-27)20-28(32)24(15-22-7-5-4-6-8-22)17-30(33)38-26-16-23-13-14-37-29(23)18-26;1-20(2)18-31(38(34,35)26-10-8-24(30)9-11-26)19-27(32)23(14-21-6-4-3-5-7-21)16-29(33)37-25-15-22-12-13-36-28(22)17-25;14-10-1-2-11(15)13(10)19-12(16)18-8-5-7-3-4-17-9(7)6-8/h4-12,21,23-24,26,28-29,32H,13-20H2,1-3H3;3-11,20,22-23,25,27-28,32H,12-19,30H2,1-2H3;7-9H,1-6H2/t23?,24-,26-,28-,29-;22?,23-,25-,27-,28-;7?,8-,9-/m111/s1. The molecule has 4 aromatic rings. The Hall–Kier alpha value is -6.55. The number of rotatable bonds is 27. The number of nitrogens with two attached hydrogens (primary N) is 1. The SMILES string of the molecule is CC(C)CN(C[C@@H](O)[C@@H](CC(=O)O[C@@H]1CC2CCO[C@@H]2C1)Cc1ccccc1)S(=O)(=O)c1ccc(N)cc1.COc1ccc(S(=O)(=O)N(CC(C)C)C[C@@H](O)[C@@H](CC(=O)O[C@@H]2CC3CCO[C@@H]3C2)Cc2ccccc2)cc1.O=C(O[C@@H]1CC2CCO[C@@H]2C1)ON1C(=O)CCC1=O. The van der Waals surface area contributed by atoms with Crippen LogP contribution < -0.4 is 10.5 Å². The Bertz CT molecular complexity index is 3370. The minimum atomic E-state index is -3.89. The van der Waals surface area contributed by atoms with E-state index in [2.05, 4.69) is 4.84 Å². The van der Waals surface area contributed by atoms with Crippen molar-refractivity contribution in [2.75, 3.05) is 58.8 Å². The minimum absolute atomic E-state index is 0.000187. The van der Waals surface area contributed by atoms with Gasteiger partial charge in [0.25, 0.3) is 11.8 Å². The summed E-state index contributed by atoms with van der Waals surface area (Å²) in [6.45, 7) is 10.2. The quantitative estimate of drug-likeness (QED) is 0.0218. The molecule has 3 unspecified atom stereocenters. The zero-order valence-electron chi connectivity index (χ0n) is 55.7. The molecule has 96 heavy (non-hydrogen) atoms. The maximum atomic E-state index is 13.6. The lowest BCUT2D eigenvalue weighted by molar-refractivity contribution is -0.178. The molecule has 0 aromatic heterocycles. The number of imide groups is 1. The van der Waals surface area contributed by atoms with Crippen LogP contribution in [0.3, 0.4) is 0 Å². The first kappa shape index (κ1) is 73.7. The Morgan fingerprint density at radius 1 is 0.542 bits per heavy atom. The average molecular weight is 1370 g/mol. The van der Waals surface area contributed by atoms with Crippen LogP contribution in [-0.4, -0.2) is 173 Å². The number of hydrogen-bond donors (Lipinski definition) is 3. The smallest absolute Gasteiger partial charge is 0.497 e. The average Bonchev–Trinajstić information content (AvgIpc) is 1.44. The van der Waals surface area contributed by atoms with Gasteiger partial charge in [0.05, 0.1) is 60.3 Å². The van der Waals surface area contributed by atoms with E-state index in [9.17, 15) is 51.0 Å². The Morgan fingerprint density at radius 2 is 0.917 bits per heavy atom. The maximum Gasteiger partial charge on any atom is 0.534 e. The van der Waals surface area contributed by atoms with Crippen LogP contribution in [0.25, 0.3) is 0 Å². The number of esters is 2. The third-order valence-electron chi connectivity index (χ3n) is 19.0. The molecule has 4 heterocycles. The summed E-state index contributed by atoms with van der Waals surface area (Å²) in [7, 11) is -6.25. The van der Waals surface area contributed by atoms with Crippen LogP contribution in [0.1, 0.15) is 122 Å². The number of methoxy groups -OCH3 is 1. The number of sulfonamides is 2. The van der Waals surface area contributed by atoms with Crippen molar-refractivity contribution in [2.24, 2.45) is 41.4 Å². The van der Waals surface area contributed by atoms with Crippen molar-refractivity contribution < 1.29 is 89.0 Å². The fourth-order valence-corrected chi connectivity index (χ4v) is 17.3. The third-order valence-corrected chi connectivity index (χ3v) is 22.7. The molecule has 4 aliphatic heterocycles. The van der Waals surface area contributed by atoms with Crippen LogP contribution in [-0.2, 0) is 85.3 Å². The number of aliphatic hydroxyl groups excluding tert-OH is 2. The maximum absolute atomic E-state index is 13.6. The summed E-state index contributed by atoms with van der Waals surface area (Å²) < 4.78 is 95.8. The third kappa shape index (κ3) is 20.5. The number of hydroxylamine groups is 2. The first-order valence-corrected chi connectivity index (χ1v) is 36.7. The lowest BCUT2D eigenvalue weighted by atomic mass is 9.90. The second kappa shape index (κ2) is 34.3. The molecule has 25 heteroatoms. The number of hydrogen-bond acceptors (Lipinski definition) is 20. The summed E-state index contributed by atoms with van der Waals surface area (Å²) in [4.78, 5) is 65.0. The summed E-state index contributed by atoms with van der Waals surface area (Å²) in [5, 5.41) is 23.3. The van der Waals surface area contributed by atoms with Gasteiger partial charge in [-0.25, -0.2) is 21.6 Å². The van der Waals surface area contributed by atoms with Crippen molar-refractivity contribution in [3.63, 3.8) is 0 Å². The number of fused-ring (bicyclic) bond motifs is 3. The van der Waals surface area contributed by atoms with E-state index in [0.29, 0.717) is 66.4 Å². The summed E-state index contributed by atoms with van der Waals surface area (Å²) in [5.41, 5.74) is 8.15. The lowest BCUT2D eigenvalue weighted by Crippen LogP contribution is -2.43. The highest BCUT2D eigenvalue weighted by Gasteiger charge is 2.44. The van der Waals surface area contributed by atoms with Gasteiger partial charge in [-0.1, -0.05) is 93.4 Å². The van der Waals surface area contributed by atoms with Crippen molar-refractivity contribution in [1.82, 2.24) is 13.7 Å². The van der Waals surface area contributed by atoms with Crippen LogP contribution >= 0.6 is 0 Å². The minimum Gasteiger partial charge on any atom is -0.497 e. The van der Waals surface area contributed by atoms with Gasteiger partial charge >= 0.3 is 18.1 Å². The summed E-state index contributed by atoms with van der Waals surface area (Å²) in [5.74, 6) is -0.823. The highest BCUT2D eigenvalue weighted by atomic mass is 32.2. The number of amides is 2. The van der Waals surface area contributed by atoms with Gasteiger partial charge in [-0.05, 0) is 141 Å². The van der Waals surface area contributed by atoms with Gasteiger partial charge < -0.3 is 49.1 Å². The topological polar surface area (TPSA) is 304 Å². The van der Waals surface area contributed by atoms with Crippen molar-refractivity contribution >= 4 is 55.6 Å². The van der Waals surface area contributed by atoms with Crippen LogP contribution in [0, 0.1) is 41.4 Å². The van der Waals surface area contributed by atoms with E-state index in [0.717, 1.165) is 69.5 Å². The molecule has 4 N–H and O–H groups in total. The number of carbonyl (C=O) groups is 5. The molecule has 7 fully saturated rings. The number of anilines is 1. The van der Waals surface area contributed by atoms with Gasteiger partial charge in [0.15, 0.2) is 0 Å². The number of aliphatic hydroxyl groups is 2.